The molecule has 2 nitrogen and oxygen atoms in total. The molecule has 15 heavy (non-hydrogen) atoms. The molecule has 1 aliphatic heterocycles. The van der Waals surface area contributed by atoms with Crippen LogP contribution in [-0.4, -0.2) is 19.0 Å². The van der Waals surface area contributed by atoms with E-state index in [9.17, 15) is 0 Å². The van der Waals surface area contributed by atoms with Crippen LogP contribution in [0.2, 0.25) is 0 Å². The Bertz CT molecular complexity index is 284. The predicted octanol–water partition coefficient (Wildman–Crippen LogP) is 3.03. The van der Waals surface area contributed by atoms with Gasteiger partial charge in [-0.05, 0) is 44.1 Å². The molecule has 1 saturated heterocycles. The van der Waals surface area contributed by atoms with E-state index in [2.05, 4.69) is 6.08 Å². The minimum atomic E-state index is -0.214. The second kappa shape index (κ2) is 3.60. The van der Waals surface area contributed by atoms with Gasteiger partial charge in [-0.2, -0.15) is 0 Å². The van der Waals surface area contributed by atoms with Gasteiger partial charge in [-0.15, -0.1) is 0 Å². The molecule has 2 fully saturated rings. The Balaban J connectivity index is 1.76. The van der Waals surface area contributed by atoms with Crippen LogP contribution >= 0.6 is 0 Å². The summed E-state index contributed by atoms with van der Waals surface area (Å²) in [5, 5.41) is 0. The zero-order valence-corrected chi connectivity index (χ0v) is 9.50. The number of ether oxygens (including phenoxy) is 2. The van der Waals surface area contributed by atoms with Gasteiger partial charge < -0.3 is 9.47 Å². The summed E-state index contributed by atoms with van der Waals surface area (Å²) < 4.78 is 11.9. The van der Waals surface area contributed by atoms with Crippen LogP contribution in [0.4, 0.5) is 0 Å². The van der Waals surface area contributed by atoms with Crippen molar-refractivity contribution in [3.8, 4) is 0 Å². The second-order valence-corrected chi connectivity index (χ2v) is 5.12. The van der Waals surface area contributed by atoms with Crippen LogP contribution in [0.1, 0.15) is 44.9 Å². The van der Waals surface area contributed by atoms with Crippen molar-refractivity contribution in [3.05, 3.63) is 11.6 Å². The first-order valence-corrected chi connectivity index (χ1v) is 6.26. The molecule has 0 aromatic heterocycles. The Morgan fingerprint density at radius 1 is 1.47 bits per heavy atom. The van der Waals surface area contributed by atoms with Crippen LogP contribution in [0.25, 0.3) is 0 Å². The quantitative estimate of drug-likeness (QED) is 0.649. The molecule has 3 rings (SSSR count). The molecule has 0 aromatic carbocycles. The van der Waals surface area contributed by atoms with Crippen molar-refractivity contribution in [2.24, 2.45) is 5.92 Å². The molecular weight excluding hydrogens is 188 g/mol. The molecule has 84 valence electrons. The van der Waals surface area contributed by atoms with Crippen LogP contribution in [-0.2, 0) is 9.47 Å². The van der Waals surface area contributed by atoms with Gasteiger partial charge in [0, 0.05) is 19.4 Å². The molecule has 2 aliphatic carbocycles. The summed E-state index contributed by atoms with van der Waals surface area (Å²) in [5.41, 5.74) is 1.54. The third-order valence-corrected chi connectivity index (χ3v) is 4.38. The maximum Gasteiger partial charge on any atom is 0.171 e. The molecular formula is C13H20O2. The highest BCUT2D eigenvalue weighted by atomic mass is 16.7. The molecule has 3 unspecified atom stereocenters. The van der Waals surface area contributed by atoms with Crippen molar-refractivity contribution in [2.45, 2.75) is 56.8 Å². The molecule has 2 heteroatoms. The van der Waals surface area contributed by atoms with Crippen molar-refractivity contribution in [3.63, 3.8) is 0 Å². The summed E-state index contributed by atoms with van der Waals surface area (Å²) in [6.45, 7) is 0. The Hall–Kier alpha value is -0.340. The number of fused-ring (bicyclic) bond motifs is 1. The van der Waals surface area contributed by atoms with Gasteiger partial charge in [0.25, 0.3) is 0 Å². The number of hydrogen-bond acceptors (Lipinski definition) is 2. The van der Waals surface area contributed by atoms with Crippen LogP contribution in [0.3, 0.4) is 0 Å². The Morgan fingerprint density at radius 2 is 2.40 bits per heavy atom. The number of methoxy groups -OCH3 is 1. The van der Waals surface area contributed by atoms with Crippen LogP contribution in [0.15, 0.2) is 11.6 Å². The largest absolute Gasteiger partial charge is 0.353 e. The van der Waals surface area contributed by atoms with E-state index in [1.54, 1.807) is 5.57 Å². The minimum absolute atomic E-state index is 0.214. The minimum Gasteiger partial charge on any atom is -0.353 e. The summed E-state index contributed by atoms with van der Waals surface area (Å²) in [6.07, 6.45) is 11.4. The summed E-state index contributed by atoms with van der Waals surface area (Å²) in [6, 6.07) is 0. The second-order valence-electron chi connectivity index (χ2n) is 5.12. The monoisotopic (exact) mass is 208 g/mol. The van der Waals surface area contributed by atoms with E-state index in [1.807, 2.05) is 7.11 Å². The van der Waals surface area contributed by atoms with Crippen molar-refractivity contribution >= 4 is 0 Å². The SMILES string of the molecule is COC12CCCC1CC(C1=CCCC1)O2. The molecule has 0 radical (unpaired) electrons. The number of hydrogen-bond donors (Lipinski definition) is 0. The average Bonchev–Trinajstić information content (AvgIpc) is 2.92. The molecule has 3 aliphatic rings. The fourth-order valence-electron chi connectivity index (χ4n) is 3.55. The standard InChI is InChI=1S/C13H20O2/c1-14-13-8-4-7-11(13)9-12(15-13)10-5-2-3-6-10/h5,11-12H,2-4,6-9H2,1H3. The van der Waals surface area contributed by atoms with Gasteiger partial charge in [-0.25, -0.2) is 0 Å². The van der Waals surface area contributed by atoms with Gasteiger partial charge in [-0.3, -0.25) is 0 Å². The Labute approximate surface area is 91.6 Å². The lowest BCUT2D eigenvalue weighted by Crippen LogP contribution is -2.33. The first kappa shape index (κ1) is 9.86. The van der Waals surface area contributed by atoms with E-state index in [-0.39, 0.29) is 5.79 Å². The van der Waals surface area contributed by atoms with E-state index >= 15 is 0 Å². The summed E-state index contributed by atoms with van der Waals surface area (Å²) in [5.74, 6) is 0.433. The average molecular weight is 208 g/mol. The lowest BCUT2D eigenvalue weighted by molar-refractivity contribution is -0.216. The van der Waals surface area contributed by atoms with Gasteiger partial charge in [-0.1, -0.05) is 6.08 Å². The van der Waals surface area contributed by atoms with Crippen molar-refractivity contribution in [2.75, 3.05) is 7.11 Å². The highest BCUT2D eigenvalue weighted by Crippen LogP contribution is 2.50. The summed E-state index contributed by atoms with van der Waals surface area (Å²) in [4.78, 5) is 0. The third kappa shape index (κ3) is 1.46. The molecule has 0 bridgehead atoms. The molecule has 3 atom stereocenters. The maximum absolute atomic E-state index is 6.22. The first-order chi connectivity index (χ1) is 7.34. The zero-order chi connectivity index (χ0) is 10.3. The summed E-state index contributed by atoms with van der Waals surface area (Å²) >= 11 is 0. The van der Waals surface area contributed by atoms with Crippen molar-refractivity contribution in [1.29, 1.82) is 0 Å². The highest BCUT2D eigenvalue weighted by molar-refractivity contribution is 5.16. The van der Waals surface area contributed by atoms with Crippen LogP contribution in [0.5, 0.6) is 0 Å². The lowest BCUT2D eigenvalue weighted by atomic mass is 9.96. The number of rotatable bonds is 2. The van der Waals surface area contributed by atoms with Gasteiger partial charge in [0.2, 0.25) is 0 Å². The normalized spacial score (nSPS) is 44.5. The molecule has 0 aromatic rings. The lowest BCUT2D eigenvalue weighted by Gasteiger charge is -2.27. The van der Waals surface area contributed by atoms with Crippen molar-refractivity contribution < 1.29 is 9.47 Å². The maximum atomic E-state index is 6.22. The Morgan fingerprint density at radius 3 is 3.07 bits per heavy atom. The summed E-state index contributed by atoms with van der Waals surface area (Å²) in [7, 11) is 1.81. The van der Waals surface area contributed by atoms with Crippen molar-refractivity contribution in [1.82, 2.24) is 0 Å². The molecule has 0 amide bonds. The van der Waals surface area contributed by atoms with Crippen LogP contribution < -0.4 is 0 Å². The first-order valence-electron chi connectivity index (χ1n) is 6.26. The topological polar surface area (TPSA) is 18.5 Å². The van der Waals surface area contributed by atoms with Gasteiger partial charge in [0.05, 0.1) is 6.10 Å². The van der Waals surface area contributed by atoms with Crippen LogP contribution in [0, 0.1) is 5.92 Å². The van der Waals surface area contributed by atoms with E-state index in [1.165, 1.54) is 38.5 Å². The molecule has 1 saturated carbocycles. The smallest absolute Gasteiger partial charge is 0.171 e. The molecule has 1 heterocycles. The Kier molecular flexibility index (Phi) is 2.37. The van der Waals surface area contributed by atoms with Gasteiger partial charge in [0.15, 0.2) is 5.79 Å². The van der Waals surface area contributed by atoms with E-state index in [4.69, 9.17) is 9.47 Å². The molecule has 0 N–H and O–H groups in total. The number of allylic oxidation sites excluding steroid dienone is 1. The fraction of sp³-hybridized carbons (Fsp3) is 0.846. The van der Waals surface area contributed by atoms with Gasteiger partial charge in [0.1, 0.15) is 0 Å². The third-order valence-electron chi connectivity index (χ3n) is 4.38. The fourth-order valence-corrected chi connectivity index (χ4v) is 3.55. The van der Waals surface area contributed by atoms with E-state index in [0.717, 1.165) is 6.42 Å². The van der Waals surface area contributed by atoms with E-state index < -0.39 is 0 Å². The highest BCUT2D eigenvalue weighted by Gasteiger charge is 2.52. The van der Waals surface area contributed by atoms with E-state index in [0.29, 0.717) is 12.0 Å². The molecule has 0 spiro atoms. The zero-order valence-electron chi connectivity index (χ0n) is 9.50. The van der Waals surface area contributed by atoms with Gasteiger partial charge >= 0.3 is 0 Å². The predicted molar refractivity (Wildman–Crippen MR) is 58.5 cm³/mol.